The Morgan fingerprint density at radius 1 is 1.30 bits per heavy atom. The van der Waals surface area contributed by atoms with Crippen LogP contribution in [0.5, 0.6) is 0 Å². The Balaban J connectivity index is 1.66. The van der Waals surface area contributed by atoms with Gasteiger partial charge in [-0.3, -0.25) is 4.79 Å². The summed E-state index contributed by atoms with van der Waals surface area (Å²) in [5, 5.41) is 7.58. The molecule has 0 bridgehead atoms. The maximum Gasteiger partial charge on any atom is 0.228 e. The Morgan fingerprint density at radius 3 is 3.05 bits per heavy atom. The van der Waals surface area contributed by atoms with E-state index in [-0.39, 0.29) is 5.41 Å². The van der Waals surface area contributed by atoms with E-state index in [9.17, 15) is 4.79 Å². The second kappa shape index (κ2) is 6.27. The number of amides is 1. The van der Waals surface area contributed by atoms with Crippen LogP contribution in [0.4, 0.5) is 0 Å². The van der Waals surface area contributed by atoms with Crippen LogP contribution >= 0.6 is 11.8 Å². The average Bonchev–Trinajstić information content (AvgIpc) is 3.07. The van der Waals surface area contributed by atoms with E-state index < -0.39 is 0 Å². The van der Waals surface area contributed by atoms with E-state index in [0.29, 0.717) is 23.1 Å². The maximum atomic E-state index is 12.9. The Morgan fingerprint density at radius 2 is 2.20 bits per heavy atom. The number of nitrogens with one attached hydrogen (secondary N) is 2. The number of fused-ring (bicyclic) bond motifs is 1. The topological polar surface area (TPSA) is 41.1 Å². The number of carbonyl (C=O) groups is 1. The molecular weight excluding hydrogens is 268 g/mol. The molecule has 20 heavy (non-hydrogen) atoms. The summed E-state index contributed by atoms with van der Waals surface area (Å²) in [6.45, 7) is 4.17. The van der Waals surface area contributed by atoms with E-state index in [1.807, 2.05) is 11.8 Å². The third kappa shape index (κ3) is 2.61. The molecule has 114 valence electrons. The van der Waals surface area contributed by atoms with E-state index in [4.69, 9.17) is 0 Å². The molecule has 2 aliphatic carbocycles. The van der Waals surface area contributed by atoms with Crippen molar-refractivity contribution in [2.45, 2.75) is 63.2 Å². The van der Waals surface area contributed by atoms with Crippen LogP contribution in [-0.4, -0.2) is 36.0 Å². The molecule has 0 aromatic heterocycles. The molecule has 2 N–H and O–H groups in total. The molecule has 3 rings (SSSR count). The molecule has 4 atom stereocenters. The highest BCUT2D eigenvalue weighted by atomic mass is 32.2. The van der Waals surface area contributed by atoms with E-state index in [1.54, 1.807) is 0 Å². The van der Waals surface area contributed by atoms with Gasteiger partial charge in [0.05, 0.1) is 5.41 Å². The Labute approximate surface area is 127 Å². The van der Waals surface area contributed by atoms with Gasteiger partial charge in [0.15, 0.2) is 0 Å². The first-order valence-corrected chi connectivity index (χ1v) is 9.44. The van der Waals surface area contributed by atoms with Gasteiger partial charge in [0, 0.05) is 17.8 Å². The largest absolute Gasteiger partial charge is 0.352 e. The van der Waals surface area contributed by atoms with E-state index in [1.165, 1.54) is 38.5 Å². The fourth-order valence-electron chi connectivity index (χ4n) is 4.51. The highest BCUT2D eigenvalue weighted by Crippen LogP contribution is 2.44. The number of hydrogen-bond acceptors (Lipinski definition) is 3. The van der Waals surface area contributed by atoms with Gasteiger partial charge in [0.2, 0.25) is 5.91 Å². The van der Waals surface area contributed by atoms with Gasteiger partial charge in [-0.1, -0.05) is 26.2 Å². The van der Waals surface area contributed by atoms with Crippen LogP contribution in [0.2, 0.25) is 0 Å². The molecule has 0 aromatic carbocycles. The van der Waals surface area contributed by atoms with E-state index in [0.717, 1.165) is 25.3 Å². The van der Waals surface area contributed by atoms with Crippen LogP contribution in [0.3, 0.4) is 0 Å². The molecule has 3 aliphatic rings. The van der Waals surface area contributed by atoms with Gasteiger partial charge in [-0.25, -0.2) is 0 Å². The fourth-order valence-corrected chi connectivity index (χ4v) is 5.71. The summed E-state index contributed by atoms with van der Waals surface area (Å²) < 4.78 is 0. The lowest BCUT2D eigenvalue weighted by molar-refractivity contribution is -0.134. The van der Waals surface area contributed by atoms with Crippen molar-refractivity contribution >= 4 is 17.7 Å². The van der Waals surface area contributed by atoms with Crippen molar-refractivity contribution in [1.82, 2.24) is 10.6 Å². The van der Waals surface area contributed by atoms with Crippen molar-refractivity contribution in [3.05, 3.63) is 0 Å². The van der Waals surface area contributed by atoms with Crippen molar-refractivity contribution in [2.24, 2.45) is 11.3 Å². The van der Waals surface area contributed by atoms with Crippen LogP contribution in [0, 0.1) is 11.3 Å². The lowest BCUT2D eigenvalue weighted by Gasteiger charge is -2.38. The second-order valence-electron chi connectivity index (χ2n) is 6.73. The van der Waals surface area contributed by atoms with Crippen molar-refractivity contribution in [2.75, 3.05) is 18.8 Å². The van der Waals surface area contributed by atoms with Gasteiger partial charge in [-0.15, -0.1) is 0 Å². The molecule has 2 unspecified atom stereocenters. The third-order valence-electron chi connectivity index (χ3n) is 5.64. The quantitative estimate of drug-likeness (QED) is 0.838. The molecule has 2 saturated carbocycles. The van der Waals surface area contributed by atoms with Crippen LogP contribution < -0.4 is 10.6 Å². The van der Waals surface area contributed by atoms with Crippen molar-refractivity contribution < 1.29 is 4.79 Å². The van der Waals surface area contributed by atoms with Gasteiger partial charge < -0.3 is 10.6 Å². The Bertz CT molecular complexity index is 362. The summed E-state index contributed by atoms with van der Waals surface area (Å²) >= 11 is 2.03. The fraction of sp³-hybridized carbons (Fsp3) is 0.938. The zero-order chi connectivity index (χ0) is 14.0. The highest BCUT2D eigenvalue weighted by molar-refractivity contribution is 7.99. The Kier molecular flexibility index (Phi) is 4.61. The summed E-state index contributed by atoms with van der Waals surface area (Å²) in [6.07, 6.45) is 8.59. The lowest BCUT2D eigenvalue weighted by Crippen LogP contribution is -2.52. The van der Waals surface area contributed by atoms with Gasteiger partial charge in [-0.05, 0) is 43.9 Å². The van der Waals surface area contributed by atoms with Crippen molar-refractivity contribution in [3.63, 3.8) is 0 Å². The molecule has 3 nitrogen and oxygen atoms in total. The van der Waals surface area contributed by atoms with Crippen molar-refractivity contribution in [1.29, 1.82) is 0 Å². The van der Waals surface area contributed by atoms with Crippen LogP contribution in [0.25, 0.3) is 0 Å². The summed E-state index contributed by atoms with van der Waals surface area (Å²) in [5.74, 6) is 2.10. The summed E-state index contributed by atoms with van der Waals surface area (Å²) in [6, 6.07) is 0.421. The van der Waals surface area contributed by atoms with Crippen LogP contribution in [-0.2, 0) is 4.79 Å². The molecule has 1 saturated heterocycles. The molecule has 3 fully saturated rings. The highest BCUT2D eigenvalue weighted by Gasteiger charge is 2.50. The van der Waals surface area contributed by atoms with Crippen LogP contribution in [0.1, 0.15) is 51.9 Å². The van der Waals surface area contributed by atoms with Gasteiger partial charge >= 0.3 is 0 Å². The SMILES string of the molecule is CCSC1CCCC1NC(=O)[C@@]12CCCC[C@H]1CNC2. The summed E-state index contributed by atoms with van der Waals surface area (Å²) in [5.41, 5.74) is -0.0811. The molecular formula is C16H28N2OS. The predicted octanol–water partition coefficient (Wildman–Crippen LogP) is 2.56. The van der Waals surface area contributed by atoms with Gasteiger partial charge in [-0.2, -0.15) is 11.8 Å². The lowest BCUT2D eigenvalue weighted by atomic mass is 9.67. The first-order chi connectivity index (χ1) is 9.76. The van der Waals surface area contributed by atoms with Gasteiger partial charge in [0.1, 0.15) is 0 Å². The minimum absolute atomic E-state index is 0.0811. The normalized spacial score (nSPS) is 40.5. The molecule has 0 spiro atoms. The number of rotatable bonds is 4. The molecule has 0 aromatic rings. The number of thioether (sulfide) groups is 1. The molecule has 4 heteroatoms. The minimum Gasteiger partial charge on any atom is -0.352 e. The molecule has 1 aliphatic heterocycles. The maximum absolute atomic E-state index is 12.9. The predicted molar refractivity (Wildman–Crippen MR) is 85.0 cm³/mol. The monoisotopic (exact) mass is 296 g/mol. The number of carbonyl (C=O) groups excluding carboxylic acids is 1. The molecule has 0 radical (unpaired) electrons. The average molecular weight is 296 g/mol. The zero-order valence-corrected chi connectivity index (χ0v) is 13.4. The first kappa shape index (κ1) is 14.7. The smallest absolute Gasteiger partial charge is 0.228 e. The molecule has 1 amide bonds. The molecule has 1 heterocycles. The summed E-state index contributed by atoms with van der Waals surface area (Å²) in [4.78, 5) is 12.9. The first-order valence-electron chi connectivity index (χ1n) is 8.39. The van der Waals surface area contributed by atoms with Crippen molar-refractivity contribution in [3.8, 4) is 0 Å². The van der Waals surface area contributed by atoms with Gasteiger partial charge in [0.25, 0.3) is 0 Å². The summed E-state index contributed by atoms with van der Waals surface area (Å²) in [7, 11) is 0. The van der Waals surface area contributed by atoms with Crippen LogP contribution in [0.15, 0.2) is 0 Å². The number of hydrogen-bond donors (Lipinski definition) is 2. The zero-order valence-electron chi connectivity index (χ0n) is 12.6. The minimum atomic E-state index is -0.0811. The standard InChI is InChI=1S/C16H28N2OS/c1-2-20-14-8-5-7-13(14)18-15(19)16-9-4-3-6-12(16)10-17-11-16/h12-14,17H,2-11H2,1H3,(H,18,19)/t12-,13?,14?,16+/m0/s1. The van der Waals surface area contributed by atoms with E-state index in [2.05, 4.69) is 17.6 Å². The third-order valence-corrected chi connectivity index (χ3v) is 6.97. The second-order valence-corrected chi connectivity index (χ2v) is 8.25. The Hall–Kier alpha value is -0.220. The van der Waals surface area contributed by atoms with E-state index >= 15 is 0 Å².